The topological polar surface area (TPSA) is 56.7 Å². The molecular formula is C14H17FN4. The Hall–Kier alpha value is -1.75. The van der Waals surface area contributed by atoms with E-state index in [1.807, 2.05) is 10.7 Å². The minimum atomic E-state index is -0.307. The lowest BCUT2D eigenvalue weighted by molar-refractivity contribution is 0.386. The summed E-state index contributed by atoms with van der Waals surface area (Å²) in [5.74, 6) is 1.74. The molecule has 0 aliphatic carbocycles. The molecule has 0 fully saturated rings. The quantitative estimate of drug-likeness (QED) is 0.900. The third kappa shape index (κ3) is 2.26. The predicted molar refractivity (Wildman–Crippen MR) is 70.8 cm³/mol. The number of benzene rings is 1. The first-order chi connectivity index (χ1) is 9.17. The van der Waals surface area contributed by atoms with Gasteiger partial charge in [-0.1, -0.05) is 13.0 Å². The zero-order chi connectivity index (χ0) is 13.4. The van der Waals surface area contributed by atoms with Gasteiger partial charge in [0.1, 0.15) is 11.6 Å². The summed E-state index contributed by atoms with van der Waals surface area (Å²) in [7, 11) is 0. The summed E-state index contributed by atoms with van der Waals surface area (Å²) in [6, 6.07) is 4.99. The van der Waals surface area contributed by atoms with Crippen LogP contribution in [0.1, 0.15) is 24.7 Å². The van der Waals surface area contributed by atoms with Crippen LogP contribution in [0.15, 0.2) is 18.2 Å². The maximum atomic E-state index is 14.0. The van der Waals surface area contributed by atoms with E-state index in [2.05, 4.69) is 17.0 Å². The molecule has 2 N–H and O–H groups in total. The number of nitrogens with two attached hydrogens (primary N) is 1. The molecule has 0 saturated heterocycles. The number of rotatable bonds is 2. The van der Waals surface area contributed by atoms with Crippen LogP contribution in [0, 0.1) is 11.7 Å². The van der Waals surface area contributed by atoms with E-state index < -0.39 is 0 Å². The first kappa shape index (κ1) is 12.3. The largest absolute Gasteiger partial charge is 0.326 e. The van der Waals surface area contributed by atoms with Crippen molar-refractivity contribution in [2.75, 3.05) is 0 Å². The molecule has 5 heteroatoms. The minimum Gasteiger partial charge on any atom is -0.326 e. The molecule has 4 nitrogen and oxygen atoms in total. The van der Waals surface area contributed by atoms with Crippen LogP contribution in [0.5, 0.6) is 0 Å². The fourth-order valence-corrected chi connectivity index (χ4v) is 2.44. The van der Waals surface area contributed by atoms with Crippen molar-refractivity contribution in [3.8, 4) is 11.4 Å². The standard InChI is InChI=1S/C14H17FN4/c1-9-4-5-19-13(6-9)17-14(18-19)11-3-2-10(8-16)7-12(11)15/h2-3,7,9H,4-6,8,16H2,1H3. The van der Waals surface area contributed by atoms with Crippen molar-refractivity contribution in [1.82, 2.24) is 14.8 Å². The summed E-state index contributed by atoms with van der Waals surface area (Å²) in [5.41, 5.74) is 6.73. The van der Waals surface area contributed by atoms with E-state index in [0.717, 1.165) is 30.8 Å². The van der Waals surface area contributed by atoms with Gasteiger partial charge in [0, 0.05) is 19.5 Å². The molecule has 0 bridgehead atoms. The molecule has 0 spiro atoms. The van der Waals surface area contributed by atoms with E-state index >= 15 is 0 Å². The number of nitrogens with zero attached hydrogens (tertiary/aromatic N) is 3. The summed E-state index contributed by atoms with van der Waals surface area (Å²) in [4.78, 5) is 4.47. The molecule has 3 rings (SSSR count). The first-order valence-corrected chi connectivity index (χ1v) is 6.60. The maximum Gasteiger partial charge on any atom is 0.184 e. The van der Waals surface area contributed by atoms with Gasteiger partial charge in [-0.2, -0.15) is 5.10 Å². The molecule has 2 aromatic rings. The molecule has 0 amide bonds. The van der Waals surface area contributed by atoms with Gasteiger partial charge in [-0.3, -0.25) is 0 Å². The monoisotopic (exact) mass is 260 g/mol. The number of hydrogen-bond acceptors (Lipinski definition) is 3. The molecule has 19 heavy (non-hydrogen) atoms. The van der Waals surface area contributed by atoms with Crippen LogP contribution in [0.2, 0.25) is 0 Å². The SMILES string of the molecule is CC1CCn2nc(-c3ccc(CN)cc3F)nc2C1. The zero-order valence-electron chi connectivity index (χ0n) is 10.9. The van der Waals surface area contributed by atoms with Crippen LogP contribution in [0.3, 0.4) is 0 Å². The fourth-order valence-electron chi connectivity index (χ4n) is 2.44. The van der Waals surface area contributed by atoms with Gasteiger partial charge in [-0.05, 0) is 30.0 Å². The highest BCUT2D eigenvalue weighted by atomic mass is 19.1. The molecule has 1 aliphatic rings. The maximum absolute atomic E-state index is 14.0. The van der Waals surface area contributed by atoms with Crippen LogP contribution in [-0.2, 0) is 19.5 Å². The van der Waals surface area contributed by atoms with Crippen LogP contribution in [0.4, 0.5) is 4.39 Å². The van der Waals surface area contributed by atoms with Crippen molar-refractivity contribution in [3.63, 3.8) is 0 Å². The fraction of sp³-hybridized carbons (Fsp3) is 0.429. The Kier molecular flexibility index (Phi) is 3.06. The van der Waals surface area contributed by atoms with Crippen LogP contribution >= 0.6 is 0 Å². The van der Waals surface area contributed by atoms with Crippen molar-refractivity contribution in [2.45, 2.75) is 32.9 Å². The highest BCUT2D eigenvalue weighted by molar-refractivity contribution is 5.56. The van der Waals surface area contributed by atoms with Gasteiger partial charge >= 0.3 is 0 Å². The Morgan fingerprint density at radius 1 is 1.47 bits per heavy atom. The van der Waals surface area contributed by atoms with E-state index in [0.29, 0.717) is 23.9 Å². The second kappa shape index (κ2) is 4.74. The van der Waals surface area contributed by atoms with Crippen molar-refractivity contribution in [3.05, 3.63) is 35.4 Å². The lowest BCUT2D eigenvalue weighted by Gasteiger charge is -2.17. The van der Waals surface area contributed by atoms with Gasteiger partial charge in [0.25, 0.3) is 0 Å². The van der Waals surface area contributed by atoms with Gasteiger partial charge < -0.3 is 5.73 Å². The van der Waals surface area contributed by atoms with E-state index in [1.54, 1.807) is 6.07 Å². The second-order valence-electron chi connectivity index (χ2n) is 5.19. The number of fused-ring (bicyclic) bond motifs is 1. The molecule has 1 aromatic heterocycles. The van der Waals surface area contributed by atoms with Crippen molar-refractivity contribution < 1.29 is 4.39 Å². The van der Waals surface area contributed by atoms with E-state index in [-0.39, 0.29) is 5.82 Å². The van der Waals surface area contributed by atoms with Gasteiger partial charge in [-0.15, -0.1) is 0 Å². The Morgan fingerprint density at radius 3 is 3.05 bits per heavy atom. The molecule has 1 atom stereocenters. The summed E-state index contributed by atoms with van der Waals surface area (Å²) in [6.07, 6.45) is 2.01. The lowest BCUT2D eigenvalue weighted by Crippen LogP contribution is -2.18. The third-order valence-electron chi connectivity index (χ3n) is 3.62. The van der Waals surface area contributed by atoms with Crippen molar-refractivity contribution in [2.24, 2.45) is 11.7 Å². The number of hydrogen-bond donors (Lipinski definition) is 1. The van der Waals surface area contributed by atoms with E-state index in [4.69, 9.17) is 5.73 Å². The van der Waals surface area contributed by atoms with E-state index in [1.165, 1.54) is 6.07 Å². The predicted octanol–water partition coefficient (Wildman–Crippen LogP) is 2.13. The first-order valence-electron chi connectivity index (χ1n) is 6.60. The average Bonchev–Trinajstić information content (AvgIpc) is 2.81. The average molecular weight is 260 g/mol. The van der Waals surface area contributed by atoms with Gasteiger partial charge in [0.15, 0.2) is 5.82 Å². The molecule has 2 heterocycles. The lowest BCUT2D eigenvalue weighted by atomic mass is 10.0. The summed E-state index contributed by atoms with van der Waals surface area (Å²) < 4.78 is 15.9. The number of aromatic nitrogens is 3. The number of halogens is 1. The summed E-state index contributed by atoms with van der Waals surface area (Å²) in [5, 5.41) is 4.41. The Labute approximate surface area is 111 Å². The highest BCUT2D eigenvalue weighted by Crippen LogP contribution is 2.24. The Morgan fingerprint density at radius 2 is 2.32 bits per heavy atom. The Bertz CT molecular complexity index is 605. The zero-order valence-corrected chi connectivity index (χ0v) is 10.9. The molecule has 1 aromatic carbocycles. The molecule has 100 valence electrons. The Balaban J connectivity index is 1.99. The molecule has 1 unspecified atom stereocenters. The second-order valence-corrected chi connectivity index (χ2v) is 5.19. The van der Waals surface area contributed by atoms with Crippen LogP contribution in [-0.4, -0.2) is 14.8 Å². The van der Waals surface area contributed by atoms with E-state index in [9.17, 15) is 4.39 Å². The highest BCUT2D eigenvalue weighted by Gasteiger charge is 2.20. The normalized spacial score (nSPS) is 18.4. The smallest absolute Gasteiger partial charge is 0.184 e. The van der Waals surface area contributed by atoms with Gasteiger partial charge in [0.05, 0.1) is 5.56 Å². The molecular weight excluding hydrogens is 243 g/mol. The van der Waals surface area contributed by atoms with Crippen molar-refractivity contribution >= 4 is 0 Å². The molecule has 0 radical (unpaired) electrons. The third-order valence-corrected chi connectivity index (χ3v) is 3.62. The molecule has 1 aliphatic heterocycles. The van der Waals surface area contributed by atoms with Crippen molar-refractivity contribution in [1.29, 1.82) is 0 Å². The van der Waals surface area contributed by atoms with Crippen LogP contribution < -0.4 is 5.73 Å². The number of aryl methyl sites for hydroxylation is 1. The van der Waals surface area contributed by atoms with Crippen LogP contribution in [0.25, 0.3) is 11.4 Å². The van der Waals surface area contributed by atoms with Gasteiger partial charge in [-0.25, -0.2) is 14.1 Å². The molecule has 0 saturated carbocycles. The minimum absolute atomic E-state index is 0.307. The van der Waals surface area contributed by atoms with Gasteiger partial charge in [0.2, 0.25) is 0 Å². The summed E-state index contributed by atoms with van der Waals surface area (Å²) >= 11 is 0. The summed E-state index contributed by atoms with van der Waals surface area (Å²) in [6.45, 7) is 3.41.